The summed E-state index contributed by atoms with van der Waals surface area (Å²) in [7, 11) is 0. The van der Waals surface area contributed by atoms with Gasteiger partial charge in [-0.25, -0.2) is 4.39 Å². The van der Waals surface area contributed by atoms with E-state index in [2.05, 4.69) is 16.0 Å². The Kier molecular flexibility index (Phi) is 4.30. The van der Waals surface area contributed by atoms with Crippen molar-refractivity contribution < 1.29 is 14.0 Å². The third-order valence-corrected chi connectivity index (χ3v) is 4.39. The lowest BCUT2D eigenvalue weighted by atomic mass is 10.0. The Balaban J connectivity index is 1.67. The summed E-state index contributed by atoms with van der Waals surface area (Å²) in [6.07, 6.45) is 0. The molecule has 134 valence electrons. The molecule has 5 nitrogen and oxygen atoms in total. The first-order valence-electron chi connectivity index (χ1n) is 8.45. The van der Waals surface area contributed by atoms with E-state index in [1.54, 1.807) is 54.6 Å². The summed E-state index contributed by atoms with van der Waals surface area (Å²) in [5.41, 5.74) is 2.94. The normalized spacial score (nSPS) is 12.3. The molecule has 4 rings (SSSR count). The molecule has 0 saturated heterocycles. The fourth-order valence-electron chi connectivity index (χ4n) is 3.06. The van der Waals surface area contributed by atoms with Gasteiger partial charge >= 0.3 is 0 Å². The molecule has 0 bridgehead atoms. The van der Waals surface area contributed by atoms with Gasteiger partial charge in [-0.05, 0) is 36.4 Å². The number of halogens is 1. The number of amides is 2. The van der Waals surface area contributed by atoms with Crippen molar-refractivity contribution in [1.29, 1.82) is 0 Å². The molecule has 0 fully saturated rings. The lowest BCUT2D eigenvalue weighted by Crippen LogP contribution is -2.17. The predicted molar refractivity (Wildman–Crippen MR) is 102 cm³/mol. The van der Waals surface area contributed by atoms with Crippen molar-refractivity contribution in [2.75, 3.05) is 10.6 Å². The maximum absolute atomic E-state index is 13.9. The molecule has 1 aliphatic heterocycles. The van der Waals surface area contributed by atoms with Gasteiger partial charge in [0.25, 0.3) is 11.8 Å². The number of para-hydroxylation sites is 1. The lowest BCUT2D eigenvalue weighted by molar-refractivity contribution is 0.0966. The van der Waals surface area contributed by atoms with Gasteiger partial charge in [-0.15, -0.1) is 0 Å². The van der Waals surface area contributed by atoms with Gasteiger partial charge in [-0.3, -0.25) is 9.59 Å². The fourth-order valence-corrected chi connectivity index (χ4v) is 3.06. The second-order valence-electron chi connectivity index (χ2n) is 6.12. The van der Waals surface area contributed by atoms with Crippen molar-refractivity contribution >= 4 is 28.9 Å². The number of nitrogens with one attached hydrogen (secondary N) is 3. The highest BCUT2D eigenvalue weighted by atomic mass is 19.1. The second kappa shape index (κ2) is 6.92. The zero-order chi connectivity index (χ0) is 18.8. The number of carbonyl (C=O) groups excluding carboxylic acids is 2. The highest BCUT2D eigenvalue weighted by Crippen LogP contribution is 2.33. The summed E-state index contributed by atoms with van der Waals surface area (Å²) in [6, 6.07) is 18.5. The first-order valence-corrected chi connectivity index (χ1v) is 8.45. The number of benzene rings is 3. The molecule has 3 aromatic carbocycles. The van der Waals surface area contributed by atoms with Gasteiger partial charge in [0.05, 0.1) is 16.9 Å². The highest BCUT2D eigenvalue weighted by Gasteiger charge is 2.26. The van der Waals surface area contributed by atoms with Crippen LogP contribution in [-0.4, -0.2) is 11.8 Å². The molecule has 3 aromatic rings. The van der Waals surface area contributed by atoms with Crippen LogP contribution in [0.3, 0.4) is 0 Å². The predicted octanol–water partition coefficient (Wildman–Crippen LogP) is 4.07. The molecule has 0 aliphatic carbocycles. The molecule has 0 aromatic heterocycles. The van der Waals surface area contributed by atoms with E-state index in [1.165, 1.54) is 6.07 Å². The van der Waals surface area contributed by atoms with Gasteiger partial charge in [0, 0.05) is 23.4 Å². The Hall–Kier alpha value is -3.67. The summed E-state index contributed by atoms with van der Waals surface area (Å²) >= 11 is 0. The number of carbonyl (C=O) groups is 2. The van der Waals surface area contributed by atoms with Crippen LogP contribution in [0.4, 0.5) is 21.5 Å². The van der Waals surface area contributed by atoms with E-state index in [9.17, 15) is 14.0 Å². The van der Waals surface area contributed by atoms with Crippen LogP contribution in [0.15, 0.2) is 66.7 Å². The van der Waals surface area contributed by atoms with Gasteiger partial charge in [0.1, 0.15) is 5.82 Å². The summed E-state index contributed by atoms with van der Waals surface area (Å²) < 4.78 is 13.9. The van der Waals surface area contributed by atoms with Crippen LogP contribution < -0.4 is 16.0 Å². The Bertz CT molecular complexity index is 1030. The fraction of sp³-hybridized carbons (Fsp3) is 0.0476. The lowest BCUT2D eigenvalue weighted by Gasteiger charge is -2.14. The monoisotopic (exact) mass is 361 g/mol. The van der Waals surface area contributed by atoms with Gasteiger partial charge < -0.3 is 16.0 Å². The quantitative estimate of drug-likeness (QED) is 0.656. The van der Waals surface area contributed by atoms with E-state index in [1.807, 2.05) is 6.07 Å². The summed E-state index contributed by atoms with van der Waals surface area (Å²) in [5.74, 6) is -0.956. The largest absolute Gasteiger partial charge is 0.353 e. The standard InChI is InChI=1S/C21H16FN3O2/c22-15-8-4-5-9-17(15)24-16-10-11-18(19-14(16)12-23-21(19)27)25-20(26)13-6-2-1-3-7-13/h1-11,24H,12H2,(H,23,27)(H,25,26). The van der Waals surface area contributed by atoms with Crippen molar-refractivity contribution in [2.45, 2.75) is 6.54 Å². The van der Waals surface area contributed by atoms with E-state index in [0.29, 0.717) is 40.3 Å². The van der Waals surface area contributed by atoms with Gasteiger partial charge in [-0.2, -0.15) is 0 Å². The number of fused-ring (bicyclic) bond motifs is 1. The van der Waals surface area contributed by atoms with Crippen LogP contribution in [0.25, 0.3) is 0 Å². The molecule has 0 radical (unpaired) electrons. The minimum atomic E-state index is -0.384. The zero-order valence-electron chi connectivity index (χ0n) is 14.3. The van der Waals surface area contributed by atoms with Crippen molar-refractivity contribution in [3.63, 3.8) is 0 Å². The minimum absolute atomic E-state index is 0.273. The molecule has 0 saturated carbocycles. The smallest absolute Gasteiger partial charge is 0.255 e. The first kappa shape index (κ1) is 16.8. The SMILES string of the molecule is O=C(Nc1ccc(Nc2ccccc2F)c2c1C(=O)NC2)c1ccccc1. The Morgan fingerprint density at radius 2 is 1.59 bits per heavy atom. The summed E-state index contributed by atoms with van der Waals surface area (Å²) in [6.45, 7) is 0.306. The molecule has 6 heteroatoms. The molecule has 27 heavy (non-hydrogen) atoms. The molecular formula is C21H16FN3O2. The van der Waals surface area contributed by atoms with Gasteiger partial charge in [-0.1, -0.05) is 30.3 Å². The van der Waals surface area contributed by atoms with Crippen LogP contribution in [0.5, 0.6) is 0 Å². The maximum Gasteiger partial charge on any atom is 0.255 e. The van der Waals surface area contributed by atoms with Gasteiger partial charge in [0.15, 0.2) is 0 Å². The maximum atomic E-state index is 13.9. The average Bonchev–Trinajstić information content (AvgIpc) is 3.08. The van der Waals surface area contributed by atoms with Gasteiger partial charge in [0.2, 0.25) is 0 Å². The number of anilines is 3. The van der Waals surface area contributed by atoms with Crippen LogP contribution in [-0.2, 0) is 6.54 Å². The van der Waals surface area contributed by atoms with E-state index in [-0.39, 0.29) is 17.6 Å². The van der Waals surface area contributed by atoms with E-state index >= 15 is 0 Å². The Morgan fingerprint density at radius 1 is 0.889 bits per heavy atom. The minimum Gasteiger partial charge on any atom is -0.353 e. The topological polar surface area (TPSA) is 70.2 Å². The number of hydrogen-bond acceptors (Lipinski definition) is 3. The first-order chi connectivity index (χ1) is 13.1. The Labute approximate surface area is 155 Å². The highest BCUT2D eigenvalue weighted by molar-refractivity contribution is 6.11. The molecule has 1 aliphatic rings. The van der Waals surface area contributed by atoms with Crippen molar-refractivity contribution in [3.05, 3.63) is 89.2 Å². The van der Waals surface area contributed by atoms with Crippen LogP contribution in [0.1, 0.15) is 26.3 Å². The second-order valence-corrected chi connectivity index (χ2v) is 6.12. The third-order valence-electron chi connectivity index (χ3n) is 4.39. The van der Waals surface area contributed by atoms with Crippen LogP contribution >= 0.6 is 0 Å². The molecular weight excluding hydrogens is 345 g/mol. The van der Waals surface area contributed by atoms with Crippen molar-refractivity contribution in [2.24, 2.45) is 0 Å². The molecule has 2 amide bonds. The molecule has 3 N–H and O–H groups in total. The molecule has 0 spiro atoms. The van der Waals surface area contributed by atoms with E-state index in [0.717, 1.165) is 0 Å². The summed E-state index contributed by atoms with van der Waals surface area (Å²) in [4.78, 5) is 24.7. The van der Waals surface area contributed by atoms with Crippen molar-refractivity contribution in [1.82, 2.24) is 5.32 Å². The Morgan fingerprint density at radius 3 is 2.37 bits per heavy atom. The summed E-state index contributed by atoms with van der Waals surface area (Å²) in [5, 5.41) is 8.57. The molecule has 0 atom stereocenters. The third kappa shape index (κ3) is 3.25. The zero-order valence-corrected chi connectivity index (χ0v) is 14.3. The van der Waals surface area contributed by atoms with E-state index < -0.39 is 0 Å². The molecule has 0 unspecified atom stereocenters. The van der Waals surface area contributed by atoms with Crippen LogP contribution in [0, 0.1) is 5.82 Å². The number of hydrogen-bond donors (Lipinski definition) is 3. The van der Waals surface area contributed by atoms with Crippen LogP contribution in [0.2, 0.25) is 0 Å². The average molecular weight is 361 g/mol. The molecule has 1 heterocycles. The van der Waals surface area contributed by atoms with Crippen molar-refractivity contribution in [3.8, 4) is 0 Å². The van der Waals surface area contributed by atoms with E-state index in [4.69, 9.17) is 0 Å². The number of rotatable bonds is 4.